The van der Waals surface area contributed by atoms with Crippen molar-refractivity contribution in [2.45, 2.75) is 6.54 Å². The molecular weight excluding hydrogens is 440 g/mol. The number of hydrogen-bond acceptors (Lipinski definition) is 4. The topological polar surface area (TPSA) is 76.7 Å². The van der Waals surface area contributed by atoms with Crippen LogP contribution in [0.15, 0.2) is 109 Å². The van der Waals surface area contributed by atoms with E-state index >= 15 is 0 Å². The number of carbonyl (C=O) groups is 2. The fraction of sp³-hybridized carbons (Fsp3) is 0.103. The molecule has 176 valence electrons. The van der Waals surface area contributed by atoms with Crippen LogP contribution in [-0.2, 0) is 6.54 Å². The Labute approximate surface area is 204 Å². The molecule has 0 aromatic heterocycles. The lowest BCUT2D eigenvalue weighted by Crippen LogP contribution is -2.23. The summed E-state index contributed by atoms with van der Waals surface area (Å²) < 4.78 is 11.3. The van der Waals surface area contributed by atoms with Crippen molar-refractivity contribution in [2.24, 2.45) is 0 Å². The lowest BCUT2D eigenvalue weighted by atomic mass is 10.1. The van der Waals surface area contributed by atoms with Crippen molar-refractivity contribution in [1.82, 2.24) is 5.32 Å². The second-order valence-corrected chi connectivity index (χ2v) is 7.74. The van der Waals surface area contributed by atoms with E-state index in [1.54, 1.807) is 48.5 Å². The minimum atomic E-state index is -0.272. The van der Waals surface area contributed by atoms with Gasteiger partial charge in [-0.2, -0.15) is 0 Å². The van der Waals surface area contributed by atoms with Crippen molar-refractivity contribution in [3.63, 3.8) is 0 Å². The fourth-order valence-electron chi connectivity index (χ4n) is 3.36. The number of nitrogens with one attached hydrogen (secondary N) is 2. The van der Waals surface area contributed by atoms with Crippen LogP contribution >= 0.6 is 0 Å². The molecule has 0 aliphatic carbocycles. The van der Waals surface area contributed by atoms with Crippen LogP contribution in [0.2, 0.25) is 0 Å². The highest BCUT2D eigenvalue weighted by atomic mass is 16.5. The van der Waals surface area contributed by atoms with E-state index in [1.165, 1.54) is 0 Å². The minimum Gasteiger partial charge on any atom is -0.490 e. The predicted molar refractivity (Wildman–Crippen MR) is 136 cm³/mol. The Hall–Kier alpha value is -4.58. The number of amides is 2. The summed E-state index contributed by atoms with van der Waals surface area (Å²) in [6.07, 6.45) is 0. The molecule has 0 unspecified atom stereocenters. The summed E-state index contributed by atoms with van der Waals surface area (Å²) >= 11 is 0. The van der Waals surface area contributed by atoms with Crippen LogP contribution in [0.3, 0.4) is 0 Å². The first kappa shape index (κ1) is 23.6. The standard InChI is InChI=1S/C29H26N2O4/c32-28(30-21-22-8-3-1-4-9-22)24-10-7-11-25(20-24)31-29(33)23-14-16-27(17-15-23)35-19-18-34-26-12-5-2-6-13-26/h1-17,20H,18-19,21H2,(H,30,32)(H,31,33). The van der Waals surface area contributed by atoms with Crippen LogP contribution in [0, 0.1) is 0 Å². The van der Waals surface area contributed by atoms with Gasteiger partial charge in [-0.1, -0.05) is 54.6 Å². The number of benzene rings is 4. The largest absolute Gasteiger partial charge is 0.490 e. The summed E-state index contributed by atoms with van der Waals surface area (Å²) in [6.45, 7) is 1.24. The fourth-order valence-corrected chi connectivity index (χ4v) is 3.36. The number of carbonyl (C=O) groups excluding carboxylic acids is 2. The molecule has 6 heteroatoms. The van der Waals surface area contributed by atoms with Crippen LogP contribution in [-0.4, -0.2) is 25.0 Å². The van der Waals surface area contributed by atoms with Gasteiger partial charge in [0.25, 0.3) is 11.8 Å². The summed E-state index contributed by atoms with van der Waals surface area (Å²) in [6, 6.07) is 32.9. The molecule has 0 bridgehead atoms. The molecule has 2 N–H and O–H groups in total. The minimum absolute atomic E-state index is 0.206. The SMILES string of the molecule is O=C(NCc1ccccc1)c1cccc(NC(=O)c2ccc(OCCOc3ccccc3)cc2)c1. The van der Waals surface area contributed by atoms with Gasteiger partial charge in [-0.25, -0.2) is 0 Å². The molecule has 0 atom stereocenters. The number of para-hydroxylation sites is 1. The molecule has 0 saturated heterocycles. The maximum atomic E-state index is 12.7. The van der Waals surface area contributed by atoms with Crippen LogP contribution in [0.1, 0.15) is 26.3 Å². The third-order valence-electron chi connectivity index (χ3n) is 5.16. The average molecular weight is 467 g/mol. The summed E-state index contributed by atoms with van der Waals surface area (Å²) in [5, 5.41) is 5.73. The highest BCUT2D eigenvalue weighted by Gasteiger charge is 2.10. The van der Waals surface area contributed by atoms with Crippen LogP contribution < -0.4 is 20.1 Å². The van der Waals surface area contributed by atoms with Crippen LogP contribution in [0.5, 0.6) is 11.5 Å². The van der Waals surface area contributed by atoms with Gasteiger partial charge in [0.1, 0.15) is 24.7 Å². The highest BCUT2D eigenvalue weighted by molar-refractivity contribution is 6.05. The van der Waals surface area contributed by atoms with Crippen molar-refractivity contribution < 1.29 is 19.1 Å². The third-order valence-corrected chi connectivity index (χ3v) is 5.16. The first-order chi connectivity index (χ1) is 17.2. The van der Waals surface area contributed by atoms with E-state index in [2.05, 4.69) is 10.6 Å². The molecule has 4 rings (SSSR count). The lowest BCUT2D eigenvalue weighted by molar-refractivity contribution is 0.0949. The molecule has 6 nitrogen and oxygen atoms in total. The monoisotopic (exact) mass is 466 g/mol. The highest BCUT2D eigenvalue weighted by Crippen LogP contribution is 2.16. The summed E-state index contributed by atoms with van der Waals surface area (Å²) in [5.74, 6) is 0.963. The van der Waals surface area contributed by atoms with E-state index < -0.39 is 0 Å². The molecule has 0 aliphatic heterocycles. The van der Waals surface area contributed by atoms with Crippen molar-refractivity contribution >= 4 is 17.5 Å². The first-order valence-corrected chi connectivity index (χ1v) is 11.3. The number of ether oxygens (including phenoxy) is 2. The molecule has 0 fully saturated rings. The Kier molecular flexibility index (Phi) is 8.11. The smallest absolute Gasteiger partial charge is 0.255 e. The molecule has 35 heavy (non-hydrogen) atoms. The van der Waals surface area contributed by atoms with Crippen molar-refractivity contribution in [2.75, 3.05) is 18.5 Å². The van der Waals surface area contributed by atoms with E-state index in [4.69, 9.17) is 9.47 Å². The second-order valence-electron chi connectivity index (χ2n) is 7.74. The van der Waals surface area contributed by atoms with Crippen LogP contribution in [0.25, 0.3) is 0 Å². The quantitative estimate of drug-likeness (QED) is 0.310. The molecular formula is C29H26N2O4. The van der Waals surface area contributed by atoms with Gasteiger partial charge in [-0.15, -0.1) is 0 Å². The Balaban J connectivity index is 1.26. The molecule has 0 spiro atoms. The van der Waals surface area contributed by atoms with E-state index in [9.17, 15) is 9.59 Å². The van der Waals surface area contributed by atoms with Gasteiger partial charge < -0.3 is 20.1 Å². The van der Waals surface area contributed by atoms with Crippen molar-refractivity contribution in [3.05, 3.63) is 126 Å². The van der Waals surface area contributed by atoms with Crippen LogP contribution in [0.4, 0.5) is 5.69 Å². The molecule has 4 aromatic rings. The van der Waals surface area contributed by atoms with E-state index in [0.717, 1.165) is 11.3 Å². The van der Waals surface area contributed by atoms with Gasteiger partial charge in [-0.3, -0.25) is 9.59 Å². The Morgan fingerprint density at radius 2 is 1.23 bits per heavy atom. The van der Waals surface area contributed by atoms with Gasteiger partial charge in [0.15, 0.2) is 0 Å². The summed E-state index contributed by atoms with van der Waals surface area (Å²) in [5.41, 5.74) is 2.51. The zero-order chi connectivity index (χ0) is 24.3. The molecule has 0 aliphatic rings. The molecule has 0 radical (unpaired) electrons. The van der Waals surface area contributed by atoms with Crippen molar-refractivity contribution in [1.29, 1.82) is 0 Å². The Morgan fingerprint density at radius 1 is 0.600 bits per heavy atom. The normalized spacial score (nSPS) is 10.3. The van der Waals surface area contributed by atoms with E-state index in [-0.39, 0.29) is 11.8 Å². The van der Waals surface area contributed by atoms with Gasteiger partial charge in [0, 0.05) is 23.4 Å². The van der Waals surface area contributed by atoms with E-state index in [0.29, 0.717) is 42.3 Å². The van der Waals surface area contributed by atoms with Gasteiger partial charge in [0.05, 0.1) is 0 Å². The molecule has 0 saturated carbocycles. The average Bonchev–Trinajstić information content (AvgIpc) is 2.91. The number of hydrogen-bond donors (Lipinski definition) is 2. The zero-order valence-corrected chi connectivity index (χ0v) is 19.1. The molecule has 2 amide bonds. The maximum Gasteiger partial charge on any atom is 0.255 e. The van der Waals surface area contributed by atoms with Gasteiger partial charge in [0.2, 0.25) is 0 Å². The van der Waals surface area contributed by atoms with Crippen molar-refractivity contribution in [3.8, 4) is 11.5 Å². The lowest BCUT2D eigenvalue weighted by Gasteiger charge is -2.10. The molecule has 4 aromatic carbocycles. The summed E-state index contributed by atoms with van der Waals surface area (Å²) in [4.78, 5) is 25.2. The predicted octanol–water partition coefficient (Wildman–Crippen LogP) is 5.33. The Bertz CT molecular complexity index is 1240. The van der Waals surface area contributed by atoms with Gasteiger partial charge in [-0.05, 0) is 60.2 Å². The summed E-state index contributed by atoms with van der Waals surface area (Å²) in [7, 11) is 0. The Morgan fingerprint density at radius 3 is 1.91 bits per heavy atom. The maximum absolute atomic E-state index is 12.7. The third kappa shape index (κ3) is 7.20. The zero-order valence-electron chi connectivity index (χ0n) is 19.1. The van der Waals surface area contributed by atoms with E-state index in [1.807, 2.05) is 60.7 Å². The molecule has 0 heterocycles. The van der Waals surface area contributed by atoms with Gasteiger partial charge >= 0.3 is 0 Å². The second kappa shape index (κ2) is 12.0. The number of rotatable bonds is 10. The number of anilines is 1. The first-order valence-electron chi connectivity index (χ1n) is 11.3.